The first-order valence-corrected chi connectivity index (χ1v) is 11.9. The number of fused-ring (bicyclic) bond motifs is 1. The fourth-order valence-corrected chi connectivity index (χ4v) is 6.26. The maximum atomic E-state index is 12.7. The second-order valence-corrected chi connectivity index (χ2v) is 9.75. The van der Waals surface area contributed by atoms with E-state index in [0.717, 1.165) is 29.7 Å². The lowest BCUT2D eigenvalue weighted by Gasteiger charge is -2.18. The number of aryl methyl sites for hydroxylation is 1. The van der Waals surface area contributed by atoms with Crippen molar-refractivity contribution >= 4 is 38.2 Å². The molecule has 0 aliphatic heterocycles. The number of hydrogen-bond acceptors (Lipinski definition) is 5. The zero-order valence-corrected chi connectivity index (χ0v) is 18.4. The Morgan fingerprint density at radius 1 is 1.07 bits per heavy atom. The molecule has 0 unspecified atom stereocenters. The van der Waals surface area contributed by atoms with Gasteiger partial charge < -0.3 is 10.6 Å². The monoisotopic (exact) mass is 435 g/mol. The summed E-state index contributed by atoms with van der Waals surface area (Å²) >= 11 is 1.44. The fourth-order valence-electron chi connectivity index (χ4n) is 3.52. The molecule has 7 nitrogen and oxygen atoms in total. The molecule has 2 aromatic rings. The van der Waals surface area contributed by atoms with E-state index in [2.05, 4.69) is 10.6 Å². The standard InChI is InChI=1S/C20H25N3O4S2/c1-4-23(5-2)29(26,27)14-11-9-13(10-12-14)18(24)22-20-17(19(25)21-3)15-7-6-8-16(15)28-20/h9-12H,4-8H2,1-3H3,(H,21,25)(H,22,24). The van der Waals surface area contributed by atoms with Gasteiger partial charge >= 0.3 is 0 Å². The van der Waals surface area contributed by atoms with Gasteiger partial charge in [-0.1, -0.05) is 13.8 Å². The smallest absolute Gasteiger partial charge is 0.256 e. The Kier molecular flexibility index (Phi) is 6.40. The molecule has 0 atom stereocenters. The maximum absolute atomic E-state index is 12.7. The van der Waals surface area contributed by atoms with Crippen LogP contribution in [0.25, 0.3) is 0 Å². The van der Waals surface area contributed by atoms with Crippen LogP contribution in [0.4, 0.5) is 5.00 Å². The average molecular weight is 436 g/mol. The van der Waals surface area contributed by atoms with Gasteiger partial charge in [0.05, 0.1) is 10.5 Å². The van der Waals surface area contributed by atoms with Gasteiger partial charge in [-0.05, 0) is 49.1 Å². The fraction of sp³-hybridized carbons (Fsp3) is 0.400. The molecular formula is C20H25N3O4S2. The van der Waals surface area contributed by atoms with Gasteiger partial charge in [-0.25, -0.2) is 8.42 Å². The number of carbonyl (C=O) groups is 2. The van der Waals surface area contributed by atoms with Crippen LogP contribution in [0, 0.1) is 0 Å². The van der Waals surface area contributed by atoms with Gasteiger partial charge in [-0.2, -0.15) is 4.31 Å². The van der Waals surface area contributed by atoms with Crippen molar-refractivity contribution < 1.29 is 18.0 Å². The number of thiophene rings is 1. The molecule has 1 aromatic heterocycles. The molecular weight excluding hydrogens is 410 g/mol. The van der Waals surface area contributed by atoms with Crippen LogP contribution < -0.4 is 10.6 Å². The summed E-state index contributed by atoms with van der Waals surface area (Å²) in [5.74, 6) is -0.581. The zero-order chi connectivity index (χ0) is 21.2. The predicted octanol–water partition coefficient (Wildman–Crippen LogP) is 2.88. The van der Waals surface area contributed by atoms with Gasteiger partial charge in [0.15, 0.2) is 0 Å². The average Bonchev–Trinajstić information content (AvgIpc) is 3.29. The van der Waals surface area contributed by atoms with E-state index in [0.29, 0.717) is 29.2 Å². The highest BCUT2D eigenvalue weighted by atomic mass is 32.2. The molecule has 2 N–H and O–H groups in total. The van der Waals surface area contributed by atoms with Gasteiger partial charge in [-0.15, -0.1) is 11.3 Å². The first-order valence-electron chi connectivity index (χ1n) is 9.61. The molecule has 1 aromatic carbocycles. The number of amides is 2. The minimum Gasteiger partial charge on any atom is -0.355 e. The van der Waals surface area contributed by atoms with Crippen molar-refractivity contribution in [3.05, 3.63) is 45.8 Å². The van der Waals surface area contributed by atoms with Gasteiger partial charge in [0, 0.05) is 30.6 Å². The van der Waals surface area contributed by atoms with Gasteiger partial charge in [0.2, 0.25) is 10.0 Å². The quantitative estimate of drug-likeness (QED) is 0.699. The molecule has 0 fully saturated rings. The van der Waals surface area contributed by atoms with E-state index >= 15 is 0 Å². The molecule has 29 heavy (non-hydrogen) atoms. The number of benzene rings is 1. The van der Waals surface area contributed by atoms with E-state index in [9.17, 15) is 18.0 Å². The molecule has 0 saturated carbocycles. The van der Waals surface area contributed by atoms with Crippen molar-refractivity contribution in [1.82, 2.24) is 9.62 Å². The lowest BCUT2D eigenvalue weighted by atomic mass is 10.1. The van der Waals surface area contributed by atoms with Crippen LogP contribution in [-0.2, 0) is 22.9 Å². The molecule has 9 heteroatoms. The second-order valence-electron chi connectivity index (χ2n) is 6.71. The Morgan fingerprint density at radius 3 is 2.31 bits per heavy atom. The second kappa shape index (κ2) is 8.64. The first-order chi connectivity index (χ1) is 13.8. The van der Waals surface area contributed by atoms with E-state index in [-0.39, 0.29) is 16.7 Å². The highest BCUT2D eigenvalue weighted by Gasteiger charge is 2.27. The first kappa shape index (κ1) is 21.5. The Morgan fingerprint density at radius 2 is 1.72 bits per heavy atom. The summed E-state index contributed by atoms with van der Waals surface area (Å²) in [6.07, 6.45) is 2.77. The lowest BCUT2D eigenvalue weighted by molar-refractivity contribution is 0.0963. The molecule has 2 amide bonds. The number of carbonyl (C=O) groups excluding carboxylic acids is 2. The summed E-state index contributed by atoms with van der Waals surface area (Å²) in [5, 5.41) is 6.02. The van der Waals surface area contributed by atoms with Gasteiger partial charge in [0.25, 0.3) is 11.8 Å². The van der Waals surface area contributed by atoms with E-state index in [1.54, 1.807) is 20.9 Å². The Hall–Kier alpha value is -2.23. The van der Waals surface area contributed by atoms with Crippen LogP contribution in [0.15, 0.2) is 29.2 Å². The Balaban J connectivity index is 1.83. The van der Waals surface area contributed by atoms with Crippen LogP contribution in [0.1, 0.15) is 51.4 Å². The van der Waals surface area contributed by atoms with Crippen LogP contribution in [-0.4, -0.2) is 44.7 Å². The number of nitrogens with zero attached hydrogens (tertiary/aromatic N) is 1. The Bertz CT molecular complexity index is 1020. The van der Waals surface area contributed by atoms with Crippen molar-refractivity contribution in [3.8, 4) is 0 Å². The minimum atomic E-state index is -3.57. The van der Waals surface area contributed by atoms with Crippen molar-refractivity contribution in [2.75, 3.05) is 25.5 Å². The van der Waals surface area contributed by atoms with Crippen LogP contribution >= 0.6 is 11.3 Å². The molecule has 0 spiro atoms. The van der Waals surface area contributed by atoms with Crippen molar-refractivity contribution in [3.63, 3.8) is 0 Å². The normalized spacial score (nSPS) is 13.4. The zero-order valence-electron chi connectivity index (χ0n) is 16.7. The third-order valence-electron chi connectivity index (χ3n) is 5.06. The number of rotatable bonds is 7. The summed E-state index contributed by atoms with van der Waals surface area (Å²) < 4.78 is 26.5. The summed E-state index contributed by atoms with van der Waals surface area (Å²) in [4.78, 5) is 26.3. The number of sulfonamides is 1. The molecule has 1 aliphatic carbocycles. The highest BCUT2D eigenvalue weighted by Crippen LogP contribution is 2.39. The minimum absolute atomic E-state index is 0.152. The van der Waals surface area contributed by atoms with Crippen molar-refractivity contribution in [1.29, 1.82) is 0 Å². The van der Waals surface area contributed by atoms with Gasteiger partial charge in [-0.3, -0.25) is 9.59 Å². The molecule has 1 aliphatic rings. The third-order valence-corrected chi connectivity index (χ3v) is 8.33. The van der Waals surface area contributed by atoms with Crippen molar-refractivity contribution in [2.45, 2.75) is 38.0 Å². The molecule has 0 saturated heterocycles. The molecule has 0 bridgehead atoms. The largest absolute Gasteiger partial charge is 0.355 e. The van der Waals surface area contributed by atoms with Crippen molar-refractivity contribution in [2.24, 2.45) is 0 Å². The topological polar surface area (TPSA) is 95.6 Å². The highest BCUT2D eigenvalue weighted by molar-refractivity contribution is 7.89. The van der Waals surface area contributed by atoms with Gasteiger partial charge in [0.1, 0.15) is 5.00 Å². The molecule has 3 rings (SSSR count). The van der Waals surface area contributed by atoms with E-state index in [1.165, 1.54) is 39.9 Å². The van der Waals surface area contributed by atoms with E-state index in [4.69, 9.17) is 0 Å². The van der Waals surface area contributed by atoms with Crippen LogP contribution in [0.3, 0.4) is 0 Å². The lowest BCUT2D eigenvalue weighted by Crippen LogP contribution is -2.30. The van der Waals surface area contributed by atoms with E-state index < -0.39 is 10.0 Å². The number of anilines is 1. The number of nitrogens with one attached hydrogen (secondary N) is 2. The number of hydrogen-bond donors (Lipinski definition) is 2. The Labute approximate surface area is 175 Å². The van der Waals surface area contributed by atoms with E-state index in [1.807, 2.05) is 0 Å². The molecule has 1 heterocycles. The SMILES string of the molecule is CCN(CC)S(=O)(=O)c1ccc(C(=O)Nc2sc3c(c2C(=O)NC)CCC3)cc1. The third kappa shape index (κ3) is 4.08. The molecule has 0 radical (unpaired) electrons. The summed E-state index contributed by atoms with van der Waals surface area (Å²) in [5.41, 5.74) is 1.89. The molecule has 156 valence electrons. The summed E-state index contributed by atoms with van der Waals surface area (Å²) in [7, 11) is -2.00. The summed E-state index contributed by atoms with van der Waals surface area (Å²) in [6.45, 7) is 4.33. The van der Waals surface area contributed by atoms with Crippen LogP contribution in [0.2, 0.25) is 0 Å². The predicted molar refractivity (Wildman–Crippen MR) is 114 cm³/mol. The van der Waals surface area contributed by atoms with Crippen LogP contribution in [0.5, 0.6) is 0 Å². The maximum Gasteiger partial charge on any atom is 0.256 e. The summed E-state index contributed by atoms with van der Waals surface area (Å²) in [6, 6.07) is 5.87.